The van der Waals surface area contributed by atoms with E-state index in [4.69, 9.17) is 0 Å². The number of carboxylic acids is 3. The Bertz CT molecular complexity index is 427. The zero-order valence-corrected chi connectivity index (χ0v) is 29.0. The van der Waals surface area contributed by atoms with Crippen LogP contribution < -0.4 is 222 Å². The fraction of sp³-hybridized carbons (Fsp3) is 0. The van der Waals surface area contributed by atoms with E-state index in [0.717, 1.165) is 18.2 Å². The Labute approximate surface area is 279 Å². The first-order chi connectivity index (χ1) is 6.95. The van der Waals surface area contributed by atoms with Crippen LogP contribution in [0.5, 0.6) is 0 Å². The predicted molar refractivity (Wildman–Crippen MR) is 39.4 cm³/mol. The average molecular weight is 606 g/mol. The first kappa shape index (κ1) is 26.7. The average Bonchev–Trinajstić information content (AvgIpc) is 2.16. The van der Waals surface area contributed by atoms with Crippen molar-refractivity contribution in [1.82, 2.24) is 0 Å². The monoisotopic (exact) mass is 606 g/mol. The van der Waals surface area contributed by atoms with Crippen molar-refractivity contribution in [2.75, 3.05) is 0 Å². The van der Waals surface area contributed by atoms with Gasteiger partial charge in [-0.1, -0.05) is 18.2 Å². The molecular formula is C9H3Cs3O6. The predicted octanol–water partition coefficient (Wildman–Crippen LogP) is -12.2. The van der Waals surface area contributed by atoms with Crippen LogP contribution in [0.1, 0.15) is 31.1 Å². The van der Waals surface area contributed by atoms with Crippen LogP contribution in [0.25, 0.3) is 0 Å². The van der Waals surface area contributed by atoms with E-state index in [1.165, 1.54) is 0 Å². The zero-order valence-electron chi connectivity index (χ0n) is 10.2. The van der Waals surface area contributed by atoms with Crippen molar-refractivity contribution in [2.45, 2.75) is 0 Å². The molecule has 0 spiro atoms. The van der Waals surface area contributed by atoms with Crippen molar-refractivity contribution < 1.29 is 236 Å². The molecular weight excluding hydrogens is 603 g/mol. The number of hydrogen-bond acceptors (Lipinski definition) is 6. The topological polar surface area (TPSA) is 120 Å². The van der Waals surface area contributed by atoms with Crippen LogP contribution in [-0.4, -0.2) is 17.9 Å². The van der Waals surface area contributed by atoms with Crippen LogP contribution in [0, 0.1) is 0 Å². The van der Waals surface area contributed by atoms with Gasteiger partial charge in [0.05, 0.1) is 17.9 Å². The second-order valence-electron chi connectivity index (χ2n) is 2.59. The molecule has 78 valence electrons. The number of carbonyl (C=O) groups is 3. The van der Waals surface area contributed by atoms with Crippen molar-refractivity contribution in [3.63, 3.8) is 0 Å². The van der Waals surface area contributed by atoms with Gasteiger partial charge in [-0.15, -0.1) is 0 Å². The normalized spacial score (nSPS) is 8.00. The first-order valence-corrected chi connectivity index (χ1v) is 3.72. The number of carboxylic acid groups (broad SMARTS) is 3. The van der Waals surface area contributed by atoms with E-state index in [0.29, 0.717) is 0 Å². The Kier molecular flexibility index (Phi) is 19.6. The molecule has 1 aromatic carbocycles. The molecule has 0 aliphatic carbocycles. The van der Waals surface area contributed by atoms with Crippen molar-refractivity contribution in [3.8, 4) is 0 Å². The Hall–Kier alpha value is 3.79. The van der Waals surface area contributed by atoms with E-state index >= 15 is 0 Å². The largest absolute Gasteiger partial charge is 1.00 e. The maximum atomic E-state index is 10.6. The van der Waals surface area contributed by atoms with Gasteiger partial charge in [-0.3, -0.25) is 0 Å². The number of benzene rings is 1. The molecule has 0 bridgehead atoms. The van der Waals surface area contributed by atoms with Crippen molar-refractivity contribution in [3.05, 3.63) is 34.9 Å². The second-order valence-corrected chi connectivity index (χ2v) is 2.59. The number of aromatic carboxylic acids is 3. The molecule has 0 radical (unpaired) electrons. The molecule has 1 aromatic rings. The maximum Gasteiger partial charge on any atom is 1.00 e. The van der Waals surface area contributed by atoms with Crippen LogP contribution in [0.2, 0.25) is 0 Å². The van der Waals surface area contributed by atoms with E-state index in [9.17, 15) is 29.7 Å². The molecule has 0 aliphatic rings. The minimum Gasteiger partial charge on any atom is -0.545 e. The van der Waals surface area contributed by atoms with Gasteiger partial charge in [-0.25, -0.2) is 0 Å². The van der Waals surface area contributed by atoms with Gasteiger partial charge >= 0.3 is 207 Å². The fourth-order valence-electron chi connectivity index (χ4n) is 1.11. The standard InChI is InChI=1S/C9H6O6.3Cs/c10-7(11)4-2-1-3-5(8(12)13)6(4)9(14)15;;;/h1-3H,(H,10,11)(H,12,13)(H,14,15);;;/q;3*+1/p-3. The van der Waals surface area contributed by atoms with Gasteiger partial charge in [0, 0.05) is 16.7 Å². The number of rotatable bonds is 3. The second kappa shape index (κ2) is 13.2. The van der Waals surface area contributed by atoms with E-state index in [2.05, 4.69) is 0 Å². The molecule has 0 amide bonds. The molecule has 9 heteroatoms. The Morgan fingerprint density at radius 3 is 1.28 bits per heavy atom. The van der Waals surface area contributed by atoms with Crippen LogP contribution in [0.15, 0.2) is 18.2 Å². The van der Waals surface area contributed by atoms with E-state index in [1.54, 1.807) is 0 Å². The third-order valence-corrected chi connectivity index (χ3v) is 1.71. The van der Waals surface area contributed by atoms with Gasteiger partial charge in [0.25, 0.3) is 0 Å². The molecule has 0 saturated carbocycles. The quantitative estimate of drug-likeness (QED) is 0.338. The van der Waals surface area contributed by atoms with Crippen LogP contribution >= 0.6 is 0 Å². The molecule has 0 unspecified atom stereocenters. The summed E-state index contributed by atoms with van der Waals surface area (Å²) in [6, 6.07) is 2.89. The summed E-state index contributed by atoms with van der Waals surface area (Å²) in [4.78, 5) is 31.5. The molecule has 0 heterocycles. The molecule has 1 rings (SSSR count). The summed E-state index contributed by atoms with van der Waals surface area (Å²) in [6.07, 6.45) is 0. The summed E-state index contributed by atoms with van der Waals surface area (Å²) in [5.74, 6) is -5.50. The third kappa shape index (κ3) is 7.87. The summed E-state index contributed by atoms with van der Waals surface area (Å²) in [7, 11) is 0. The minimum absolute atomic E-state index is 0. The van der Waals surface area contributed by atoms with Gasteiger partial charge in [0.2, 0.25) is 0 Å². The van der Waals surface area contributed by atoms with Gasteiger partial charge in [0.1, 0.15) is 0 Å². The molecule has 0 N–H and O–H groups in total. The maximum absolute atomic E-state index is 10.6. The van der Waals surface area contributed by atoms with Crippen LogP contribution in [-0.2, 0) is 0 Å². The van der Waals surface area contributed by atoms with Crippen LogP contribution in [0.3, 0.4) is 0 Å². The molecule has 0 aromatic heterocycles. The summed E-state index contributed by atoms with van der Waals surface area (Å²) in [5, 5.41) is 31.5. The fourth-order valence-corrected chi connectivity index (χ4v) is 1.11. The molecule has 6 nitrogen and oxygen atoms in total. The molecule has 0 aliphatic heterocycles. The zero-order chi connectivity index (χ0) is 11.6. The van der Waals surface area contributed by atoms with Crippen LogP contribution in [0.4, 0.5) is 0 Å². The third-order valence-electron chi connectivity index (χ3n) is 1.71. The number of hydrogen-bond donors (Lipinski definition) is 0. The summed E-state index contributed by atoms with van der Waals surface area (Å²) in [6.45, 7) is 0. The van der Waals surface area contributed by atoms with Gasteiger partial charge in [-0.05, 0) is 0 Å². The summed E-state index contributed by atoms with van der Waals surface area (Å²) < 4.78 is 0. The smallest absolute Gasteiger partial charge is 0.545 e. The summed E-state index contributed by atoms with van der Waals surface area (Å²) >= 11 is 0. The van der Waals surface area contributed by atoms with E-state index in [1.807, 2.05) is 0 Å². The van der Waals surface area contributed by atoms with Gasteiger partial charge in [-0.2, -0.15) is 0 Å². The van der Waals surface area contributed by atoms with Crippen molar-refractivity contribution in [2.24, 2.45) is 0 Å². The SMILES string of the molecule is O=C([O-])c1cccc(C(=O)[O-])c1C(=O)[O-].[Cs+].[Cs+].[Cs+]. The van der Waals surface area contributed by atoms with E-state index < -0.39 is 34.6 Å². The number of carbonyl (C=O) groups excluding carboxylic acids is 3. The summed E-state index contributed by atoms with van der Waals surface area (Å²) in [5.41, 5.74) is -2.45. The molecule has 0 saturated heterocycles. The van der Waals surface area contributed by atoms with E-state index in [-0.39, 0.29) is 207 Å². The molecule has 0 fully saturated rings. The Morgan fingerprint density at radius 2 is 1.06 bits per heavy atom. The minimum atomic E-state index is -1.91. The molecule has 18 heavy (non-hydrogen) atoms. The van der Waals surface area contributed by atoms with Crippen molar-refractivity contribution in [1.29, 1.82) is 0 Å². The molecule has 0 atom stereocenters. The Balaban J connectivity index is -0.000000750. The van der Waals surface area contributed by atoms with Gasteiger partial charge in [0.15, 0.2) is 0 Å². The van der Waals surface area contributed by atoms with Gasteiger partial charge < -0.3 is 29.7 Å². The first-order valence-electron chi connectivity index (χ1n) is 3.72. The van der Waals surface area contributed by atoms with Crippen molar-refractivity contribution >= 4 is 17.9 Å². The Morgan fingerprint density at radius 1 is 0.722 bits per heavy atom.